The third-order valence-electron chi connectivity index (χ3n) is 3.17. The Balaban J connectivity index is 3.50. The van der Waals surface area contributed by atoms with E-state index in [0.29, 0.717) is 26.1 Å². The van der Waals surface area contributed by atoms with Crippen LogP contribution in [-0.2, 0) is 23.9 Å². The van der Waals surface area contributed by atoms with Crippen LogP contribution in [0.15, 0.2) is 0 Å². The third kappa shape index (κ3) is 17.2. The van der Waals surface area contributed by atoms with Gasteiger partial charge in [0.15, 0.2) is 0 Å². The standard InChI is InChI=1S/C18H35N3O5/c1-5-7-15(22)20-10-11-25-12-13-26-17(24)14-16(23)19-8-6-9-21-18(2,3)4/h21H,5-14H2,1-4H3,(H,19,23)(H,20,22). The molecule has 0 radical (unpaired) electrons. The van der Waals surface area contributed by atoms with Gasteiger partial charge in [-0.15, -0.1) is 0 Å². The molecule has 0 aromatic heterocycles. The van der Waals surface area contributed by atoms with Crippen LogP contribution in [0.25, 0.3) is 0 Å². The van der Waals surface area contributed by atoms with Gasteiger partial charge in [0.05, 0.1) is 13.2 Å². The van der Waals surface area contributed by atoms with Crippen LogP contribution in [0.1, 0.15) is 53.4 Å². The number of hydrogen-bond acceptors (Lipinski definition) is 6. The molecule has 26 heavy (non-hydrogen) atoms. The summed E-state index contributed by atoms with van der Waals surface area (Å²) in [5, 5.41) is 8.72. The van der Waals surface area contributed by atoms with Crippen LogP contribution in [-0.4, -0.2) is 62.8 Å². The number of nitrogens with one attached hydrogen (secondary N) is 3. The van der Waals surface area contributed by atoms with E-state index in [1.807, 2.05) is 6.92 Å². The molecule has 0 saturated heterocycles. The highest BCUT2D eigenvalue weighted by molar-refractivity contribution is 5.94. The van der Waals surface area contributed by atoms with E-state index in [0.717, 1.165) is 19.4 Å². The number of esters is 1. The van der Waals surface area contributed by atoms with Crippen LogP contribution in [0.3, 0.4) is 0 Å². The smallest absolute Gasteiger partial charge is 0.315 e. The highest BCUT2D eigenvalue weighted by atomic mass is 16.6. The molecule has 0 rings (SSSR count). The molecule has 0 heterocycles. The molecule has 8 heteroatoms. The van der Waals surface area contributed by atoms with Crippen molar-refractivity contribution in [1.82, 2.24) is 16.0 Å². The number of carbonyl (C=O) groups excluding carboxylic acids is 3. The second-order valence-electron chi connectivity index (χ2n) is 6.99. The van der Waals surface area contributed by atoms with Crippen molar-refractivity contribution in [2.45, 2.75) is 58.9 Å². The van der Waals surface area contributed by atoms with Gasteiger partial charge < -0.3 is 25.4 Å². The topological polar surface area (TPSA) is 106 Å². The molecule has 0 atom stereocenters. The van der Waals surface area contributed by atoms with Gasteiger partial charge in [0, 0.05) is 25.0 Å². The summed E-state index contributed by atoms with van der Waals surface area (Å²) in [7, 11) is 0. The highest BCUT2D eigenvalue weighted by Crippen LogP contribution is 1.97. The van der Waals surface area contributed by atoms with Gasteiger partial charge >= 0.3 is 5.97 Å². The minimum atomic E-state index is -0.574. The predicted octanol–water partition coefficient (Wildman–Crippen LogP) is 0.747. The average molecular weight is 373 g/mol. The number of hydrogen-bond donors (Lipinski definition) is 3. The molecular weight excluding hydrogens is 338 g/mol. The van der Waals surface area contributed by atoms with Crippen molar-refractivity contribution in [3.8, 4) is 0 Å². The average Bonchev–Trinajstić information content (AvgIpc) is 2.52. The van der Waals surface area contributed by atoms with E-state index >= 15 is 0 Å². The summed E-state index contributed by atoms with van der Waals surface area (Å²) in [6.07, 6.45) is 1.82. The molecule has 0 unspecified atom stereocenters. The van der Waals surface area contributed by atoms with Gasteiger partial charge in [-0.1, -0.05) is 6.92 Å². The Morgan fingerprint density at radius 1 is 0.885 bits per heavy atom. The summed E-state index contributed by atoms with van der Waals surface area (Å²) >= 11 is 0. The van der Waals surface area contributed by atoms with E-state index in [-0.39, 0.29) is 37.0 Å². The lowest BCUT2D eigenvalue weighted by molar-refractivity contribution is -0.147. The Hall–Kier alpha value is -1.67. The molecule has 0 aromatic rings. The van der Waals surface area contributed by atoms with Crippen molar-refractivity contribution in [2.75, 3.05) is 39.5 Å². The van der Waals surface area contributed by atoms with Gasteiger partial charge in [-0.3, -0.25) is 14.4 Å². The predicted molar refractivity (Wildman–Crippen MR) is 99.7 cm³/mol. The largest absolute Gasteiger partial charge is 0.463 e. The van der Waals surface area contributed by atoms with Crippen molar-refractivity contribution >= 4 is 17.8 Å². The first-order valence-electron chi connectivity index (χ1n) is 9.26. The third-order valence-corrected chi connectivity index (χ3v) is 3.17. The van der Waals surface area contributed by atoms with Gasteiger partial charge in [0.1, 0.15) is 13.0 Å². The molecule has 0 aliphatic carbocycles. The molecule has 0 fully saturated rings. The Morgan fingerprint density at radius 2 is 1.58 bits per heavy atom. The summed E-state index contributed by atoms with van der Waals surface area (Å²) in [5.74, 6) is -0.914. The lowest BCUT2D eigenvalue weighted by Gasteiger charge is -2.20. The molecule has 0 bridgehead atoms. The molecule has 0 spiro atoms. The van der Waals surface area contributed by atoms with E-state index in [9.17, 15) is 14.4 Å². The molecule has 152 valence electrons. The van der Waals surface area contributed by atoms with E-state index in [2.05, 4.69) is 36.7 Å². The van der Waals surface area contributed by atoms with Crippen molar-refractivity contribution in [3.05, 3.63) is 0 Å². The van der Waals surface area contributed by atoms with Crippen molar-refractivity contribution < 1.29 is 23.9 Å². The van der Waals surface area contributed by atoms with Gasteiger partial charge in [-0.2, -0.15) is 0 Å². The fraction of sp³-hybridized carbons (Fsp3) is 0.833. The Morgan fingerprint density at radius 3 is 2.23 bits per heavy atom. The van der Waals surface area contributed by atoms with E-state index < -0.39 is 5.97 Å². The van der Waals surface area contributed by atoms with Gasteiger partial charge in [0.2, 0.25) is 11.8 Å². The first-order valence-corrected chi connectivity index (χ1v) is 9.26. The second-order valence-corrected chi connectivity index (χ2v) is 6.99. The van der Waals surface area contributed by atoms with Crippen LogP contribution < -0.4 is 16.0 Å². The summed E-state index contributed by atoms with van der Waals surface area (Å²) in [4.78, 5) is 34.3. The molecule has 0 aliphatic rings. The van der Waals surface area contributed by atoms with E-state index in [1.54, 1.807) is 0 Å². The number of amides is 2. The monoisotopic (exact) mass is 373 g/mol. The fourth-order valence-corrected chi connectivity index (χ4v) is 1.92. The zero-order valence-corrected chi connectivity index (χ0v) is 16.6. The number of ether oxygens (including phenoxy) is 2. The summed E-state index contributed by atoms with van der Waals surface area (Å²) in [5.41, 5.74) is 0.0526. The summed E-state index contributed by atoms with van der Waals surface area (Å²) < 4.78 is 10.2. The van der Waals surface area contributed by atoms with Crippen LogP contribution in [0.2, 0.25) is 0 Å². The van der Waals surface area contributed by atoms with E-state index in [4.69, 9.17) is 9.47 Å². The van der Waals surface area contributed by atoms with Gasteiger partial charge in [-0.25, -0.2) is 0 Å². The maximum atomic E-state index is 11.6. The normalized spacial score (nSPS) is 11.1. The lowest BCUT2D eigenvalue weighted by atomic mass is 10.1. The number of carbonyl (C=O) groups is 3. The zero-order chi connectivity index (χ0) is 19.8. The van der Waals surface area contributed by atoms with Crippen molar-refractivity contribution in [1.29, 1.82) is 0 Å². The molecular formula is C18H35N3O5. The van der Waals surface area contributed by atoms with Crippen molar-refractivity contribution in [2.24, 2.45) is 0 Å². The van der Waals surface area contributed by atoms with Crippen LogP contribution >= 0.6 is 0 Å². The lowest BCUT2D eigenvalue weighted by Crippen LogP contribution is -2.38. The maximum Gasteiger partial charge on any atom is 0.315 e. The van der Waals surface area contributed by atoms with Gasteiger partial charge in [0.25, 0.3) is 0 Å². The van der Waals surface area contributed by atoms with Crippen LogP contribution in [0.4, 0.5) is 0 Å². The van der Waals surface area contributed by atoms with E-state index in [1.165, 1.54) is 0 Å². The zero-order valence-electron chi connectivity index (χ0n) is 16.6. The second kappa shape index (κ2) is 14.5. The molecule has 3 N–H and O–H groups in total. The quantitative estimate of drug-likeness (QED) is 0.236. The summed E-state index contributed by atoms with van der Waals surface area (Å²) in [6, 6.07) is 0. The molecule has 0 aromatic carbocycles. The number of rotatable bonds is 14. The Kier molecular flexibility index (Phi) is 13.6. The fourth-order valence-electron chi connectivity index (χ4n) is 1.92. The van der Waals surface area contributed by atoms with Crippen molar-refractivity contribution in [3.63, 3.8) is 0 Å². The molecule has 2 amide bonds. The Bertz CT molecular complexity index is 422. The van der Waals surface area contributed by atoms with Crippen LogP contribution in [0, 0.1) is 0 Å². The summed E-state index contributed by atoms with van der Waals surface area (Å²) in [6.45, 7) is 10.6. The SMILES string of the molecule is CCCC(=O)NCCOCCOC(=O)CC(=O)NCCCNC(C)(C)C. The minimum absolute atomic E-state index is 0.00253. The first kappa shape index (κ1) is 24.3. The highest BCUT2D eigenvalue weighted by Gasteiger charge is 2.11. The molecule has 0 saturated carbocycles. The first-order chi connectivity index (χ1) is 12.2. The molecule has 0 aliphatic heterocycles. The molecule has 8 nitrogen and oxygen atoms in total. The van der Waals surface area contributed by atoms with Crippen LogP contribution in [0.5, 0.6) is 0 Å². The Labute approximate surface area is 156 Å². The maximum absolute atomic E-state index is 11.6. The van der Waals surface area contributed by atoms with Gasteiger partial charge in [-0.05, 0) is 40.2 Å². The minimum Gasteiger partial charge on any atom is -0.463 e.